The Morgan fingerprint density at radius 3 is 2.75 bits per heavy atom. The van der Waals surface area contributed by atoms with Gasteiger partial charge in [-0.05, 0) is 6.08 Å². The second-order valence-electron chi connectivity index (χ2n) is 2.62. The molecule has 0 saturated carbocycles. The van der Waals surface area contributed by atoms with Gasteiger partial charge in [-0.3, -0.25) is 0 Å². The molecule has 1 aliphatic rings. The van der Waals surface area contributed by atoms with Gasteiger partial charge in [0.25, 0.3) is 0 Å². The molecule has 0 aromatic heterocycles. The minimum Gasteiger partial charge on any atom is -0.398 e. The van der Waals surface area contributed by atoms with Gasteiger partial charge in [0.2, 0.25) is 0 Å². The smallest absolute Gasteiger partial charge is 0.0973 e. The maximum absolute atomic E-state index is 9.30. The van der Waals surface area contributed by atoms with Crippen molar-refractivity contribution in [2.75, 3.05) is 6.61 Å². The van der Waals surface area contributed by atoms with Gasteiger partial charge in [0.05, 0.1) is 24.4 Å². The first kappa shape index (κ1) is 8.78. The van der Waals surface area contributed by atoms with Crippen molar-refractivity contribution in [3.05, 3.63) is 23.4 Å². The molecule has 1 rings (SSSR count). The average Bonchev–Trinajstić information content (AvgIpc) is 2.08. The molecule has 4 N–H and O–H groups in total. The Morgan fingerprint density at radius 2 is 2.33 bits per heavy atom. The van der Waals surface area contributed by atoms with Crippen LogP contribution in [0.2, 0.25) is 0 Å². The van der Waals surface area contributed by atoms with Crippen LogP contribution in [0.25, 0.3) is 0 Å². The van der Waals surface area contributed by atoms with E-state index in [0.29, 0.717) is 5.70 Å². The highest BCUT2D eigenvalue weighted by Gasteiger charge is 2.25. The number of aliphatic hydroxyl groups is 2. The van der Waals surface area contributed by atoms with Gasteiger partial charge in [-0.15, -0.1) is 0 Å². The maximum atomic E-state index is 9.30. The summed E-state index contributed by atoms with van der Waals surface area (Å²) in [5, 5.41) is 26.8. The van der Waals surface area contributed by atoms with E-state index in [0.717, 1.165) is 0 Å². The Kier molecular flexibility index (Phi) is 2.48. The Bertz CT molecular complexity index is 275. The molecule has 12 heavy (non-hydrogen) atoms. The fourth-order valence-electron chi connectivity index (χ4n) is 1.16. The number of hydrogen-bond acceptors (Lipinski definition) is 4. The number of aliphatic hydroxyl groups excluding tert-OH is 2. The summed E-state index contributed by atoms with van der Waals surface area (Å²) >= 11 is 0. The largest absolute Gasteiger partial charge is 0.398 e. The molecule has 0 aromatic rings. The first-order chi connectivity index (χ1) is 5.70. The molecule has 0 heterocycles. The molecule has 64 valence electrons. The zero-order chi connectivity index (χ0) is 9.14. The number of rotatable bonds is 1. The molecule has 0 saturated heterocycles. The van der Waals surface area contributed by atoms with E-state index < -0.39 is 12.0 Å². The third kappa shape index (κ3) is 1.33. The van der Waals surface area contributed by atoms with Crippen molar-refractivity contribution < 1.29 is 10.2 Å². The first-order valence-electron chi connectivity index (χ1n) is 3.57. The molecule has 0 aromatic carbocycles. The highest BCUT2D eigenvalue weighted by atomic mass is 16.3. The van der Waals surface area contributed by atoms with Gasteiger partial charge in [-0.2, -0.15) is 5.26 Å². The second kappa shape index (κ2) is 3.39. The number of hydrogen-bond donors (Lipinski definition) is 3. The fourth-order valence-corrected chi connectivity index (χ4v) is 1.16. The molecular weight excluding hydrogens is 156 g/mol. The van der Waals surface area contributed by atoms with Gasteiger partial charge in [0.1, 0.15) is 0 Å². The lowest BCUT2D eigenvalue weighted by atomic mass is 9.89. The molecule has 0 spiro atoms. The zero-order valence-electron chi connectivity index (χ0n) is 6.44. The van der Waals surface area contributed by atoms with E-state index in [2.05, 4.69) is 0 Å². The molecule has 0 amide bonds. The van der Waals surface area contributed by atoms with Crippen LogP contribution in [0.5, 0.6) is 0 Å². The van der Waals surface area contributed by atoms with Gasteiger partial charge in [-0.25, -0.2) is 0 Å². The molecule has 2 atom stereocenters. The van der Waals surface area contributed by atoms with E-state index in [4.69, 9.17) is 16.1 Å². The van der Waals surface area contributed by atoms with Gasteiger partial charge in [0.15, 0.2) is 0 Å². The maximum Gasteiger partial charge on any atom is 0.0973 e. The molecule has 4 heteroatoms. The van der Waals surface area contributed by atoms with Gasteiger partial charge in [-0.1, -0.05) is 6.08 Å². The summed E-state index contributed by atoms with van der Waals surface area (Å²) in [6.07, 6.45) is 2.14. The minimum atomic E-state index is -0.808. The Labute approximate surface area is 70.2 Å². The van der Waals surface area contributed by atoms with Gasteiger partial charge in [0, 0.05) is 11.6 Å². The molecule has 1 aliphatic carbocycles. The normalized spacial score (nSPS) is 28.8. The molecule has 0 fully saturated rings. The van der Waals surface area contributed by atoms with E-state index in [1.54, 1.807) is 0 Å². The van der Waals surface area contributed by atoms with Crippen molar-refractivity contribution in [1.29, 1.82) is 5.26 Å². The Hall–Kier alpha value is -1.31. The Morgan fingerprint density at radius 1 is 1.67 bits per heavy atom. The van der Waals surface area contributed by atoms with E-state index in [-0.39, 0.29) is 12.2 Å². The van der Waals surface area contributed by atoms with Crippen molar-refractivity contribution in [3.8, 4) is 6.07 Å². The average molecular weight is 166 g/mol. The highest BCUT2D eigenvalue weighted by molar-refractivity contribution is 5.39. The molecule has 0 unspecified atom stereocenters. The quantitative estimate of drug-likeness (QED) is 0.478. The second-order valence-corrected chi connectivity index (χ2v) is 2.62. The summed E-state index contributed by atoms with van der Waals surface area (Å²) in [6, 6.07) is 1.87. The van der Waals surface area contributed by atoms with Crippen LogP contribution in [0, 0.1) is 17.2 Å². The fraction of sp³-hybridized carbons (Fsp3) is 0.375. The number of nitrogens with two attached hydrogens (primary N) is 1. The van der Waals surface area contributed by atoms with E-state index in [1.165, 1.54) is 12.2 Å². The van der Waals surface area contributed by atoms with Crippen LogP contribution in [0.15, 0.2) is 23.4 Å². The Balaban J connectivity index is 3.01. The topological polar surface area (TPSA) is 90.3 Å². The van der Waals surface area contributed by atoms with Crippen molar-refractivity contribution in [2.24, 2.45) is 11.7 Å². The first-order valence-corrected chi connectivity index (χ1v) is 3.57. The lowest BCUT2D eigenvalue weighted by Gasteiger charge is -2.21. The van der Waals surface area contributed by atoms with Crippen LogP contribution in [0.1, 0.15) is 0 Å². The summed E-state index contributed by atoms with van der Waals surface area (Å²) in [4.78, 5) is 0. The van der Waals surface area contributed by atoms with Crippen molar-refractivity contribution in [2.45, 2.75) is 6.10 Å². The van der Waals surface area contributed by atoms with Crippen molar-refractivity contribution in [3.63, 3.8) is 0 Å². The predicted octanol–water partition coefficient (Wildman–Crippen LogP) is -0.738. The number of allylic oxidation sites excluding steroid dienone is 1. The molecular formula is C8H10N2O2. The molecule has 0 bridgehead atoms. The third-order valence-electron chi connectivity index (χ3n) is 1.88. The summed E-state index contributed by atoms with van der Waals surface area (Å²) in [5.74, 6) is -0.569. The van der Waals surface area contributed by atoms with Crippen LogP contribution in [-0.4, -0.2) is 22.9 Å². The molecule has 0 aliphatic heterocycles. The van der Waals surface area contributed by atoms with E-state index in [9.17, 15) is 5.11 Å². The van der Waals surface area contributed by atoms with E-state index >= 15 is 0 Å². The van der Waals surface area contributed by atoms with Crippen LogP contribution in [0.3, 0.4) is 0 Å². The highest BCUT2D eigenvalue weighted by Crippen LogP contribution is 2.22. The lowest BCUT2D eigenvalue weighted by Crippen LogP contribution is -2.28. The van der Waals surface area contributed by atoms with Gasteiger partial charge < -0.3 is 15.9 Å². The minimum absolute atomic E-state index is 0.257. The standard InChI is InChI=1S/C8H10N2O2/c9-3-5-6(4-11)8(12)2-1-7(5)10/h1-2,6,8,11-12H,4,10H2/t6-,8+/m0/s1. The summed E-state index contributed by atoms with van der Waals surface area (Å²) < 4.78 is 0. The summed E-state index contributed by atoms with van der Waals surface area (Å²) in [7, 11) is 0. The summed E-state index contributed by atoms with van der Waals surface area (Å²) in [5.41, 5.74) is 6.04. The van der Waals surface area contributed by atoms with E-state index in [1.807, 2.05) is 6.07 Å². The summed E-state index contributed by atoms with van der Waals surface area (Å²) in [6.45, 7) is -0.269. The molecule has 4 nitrogen and oxygen atoms in total. The lowest BCUT2D eigenvalue weighted by molar-refractivity contribution is 0.121. The monoisotopic (exact) mass is 166 g/mol. The zero-order valence-corrected chi connectivity index (χ0v) is 6.44. The third-order valence-corrected chi connectivity index (χ3v) is 1.88. The molecule has 0 radical (unpaired) electrons. The van der Waals surface area contributed by atoms with Crippen molar-refractivity contribution in [1.82, 2.24) is 0 Å². The van der Waals surface area contributed by atoms with Crippen LogP contribution in [-0.2, 0) is 0 Å². The van der Waals surface area contributed by atoms with Gasteiger partial charge >= 0.3 is 0 Å². The van der Waals surface area contributed by atoms with Crippen LogP contribution >= 0.6 is 0 Å². The van der Waals surface area contributed by atoms with Crippen LogP contribution < -0.4 is 5.73 Å². The number of nitriles is 1. The predicted molar refractivity (Wildman–Crippen MR) is 42.5 cm³/mol. The van der Waals surface area contributed by atoms with Crippen molar-refractivity contribution >= 4 is 0 Å². The SMILES string of the molecule is N#CC1=C(N)C=C[C@@H](O)[C@H]1CO. The van der Waals surface area contributed by atoms with Crippen LogP contribution in [0.4, 0.5) is 0 Å². The number of nitrogens with zero attached hydrogens (tertiary/aromatic N) is 1.